The van der Waals surface area contributed by atoms with Gasteiger partial charge >= 0.3 is 0 Å². The number of piperazine rings is 1. The van der Waals surface area contributed by atoms with Gasteiger partial charge < -0.3 is 15.1 Å². The Labute approximate surface area is 262 Å². The van der Waals surface area contributed by atoms with E-state index in [4.69, 9.17) is 0 Å². The fourth-order valence-electron chi connectivity index (χ4n) is 6.96. The van der Waals surface area contributed by atoms with Gasteiger partial charge in [-0.2, -0.15) is 5.10 Å². The van der Waals surface area contributed by atoms with Crippen LogP contribution in [0.2, 0.25) is 0 Å². The van der Waals surface area contributed by atoms with Gasteiger partial charge in [0.05, 0.1) is 16.6 Å². The summed E-state index contributed by atoms with van der Waals surface area (Å²) in [4.78, 5) is 47.5. The maximum atomic E-state index is 14.9. The van der Waals surface area contributed by atoms with Gasteiger partial charge in [-0.3, -0.25) is 24.2 Å². The van der Waals surface area contributed by atoms with E-state index in [1.54, 1.807) is 29.2 Å². The molecule has 0 bridgehead atoms. The van der Waals surface area contributed by atoms with E-state index < -0.39 is 5.82 Å². The second-order valence-corrected chi connectivity index (χ2v) is 12.4. The molecule has 2 aromatic carbocycles. The van der Waals surface area contributed by atoms with Gasteiger partial charge in [0.25, 0.3) is 11.5 Å². The third kappa shape index (κ3) is 5.98. The Morgan fingerprint density at radius 2 is 1.55 bits per heavy atom. The van der Waals surface area contributed by atoms with Gasteiger partial charge in [0.2, 0.25) is 5.91 Å². The summed E-state index contributed by atoms with van der Waals surface area (Å²) in [7, 11) is 0. The van der Waals surface area contributed by atoms with Gasteiger partial charge in [-0.15, -0.1) is 12.4 Å². The van der Waals surface area contributed by atoms with Crippen molar-refractivity contribution < 1.29 is 14.0 Å². The molecule has 4 fully saturated rings. The van der Waals surface area contributed by atoms with Crippen molar-refractivity contribution in [3.05, 3.63) is 75.5 Å². The number of carbonyl (C=O) groups excluding carboxylic acids is 2. The highest BCUT2D eigenvalue weighted by Crippen LogP contribution is 2.27. The molecule has 0 aliphatic carbocycles. The summed E-state index contributed by atoms with van der Waals surface area (Å²) in [5.41, 5.74) is 1.13. The first-order valence-electron chi connectivity index (χ1n) is 15.5. The number of aromatic nitrogens is 2. The summed E-state index contributed by atoms with van der Waals surface area (Å²) in [6.45, 7) is 8.14. The molecule has 12 heteroatoms. The zero-order valence-electron chi connectivity index (χ0n) is 24.7. The van der Waals surface area contributed by atoms with E-state index in [0.29, 0.717) is 55.8 Å². The summed E-state index contributed by atoms with van der Waals surface area (Å²) in [6, 6.07) is 13.1. The lowest BCUT2D eigenvalue weighted by atomic mass is 9.92. The molecule has 4 saturated heterocycles. The topological polar surface area (TPSA) is 105 Å². The standard InChI is InChI=1S/C32H38FN7O3.ClH/c33-28-6-5-21(16-29-25-3-1-2-4-26(25)30(41)36-35-29)15-27(28)32(43)39-13-11-38(12-14-39)31(42)22-7-9-37(10-8-22)24-19-40(20-24)23-17-34-18-23;/h1-6,15,22-24,34H,7-14,16-20H2,(H,36,41);1H. The minimum atomic E-state index is -0.572. The minimum Gasteiger partial charge on any atom is -0.339 e. The van der Waals surface area contributed by atoms with E-state index in [1.807, 2.05) is 17.0 Å². The van der Waals surface area contributed by atoms with Crippen LogP contribution in [0.25, 0.3) is 10.8 Å². The second kappa shape index (κ2) is 12.9. The smallest absolute Gasteiger partial charge is 0.272 e. The van der Waals surface area contributed by atoms with Crippen LogP contribution in [-0.2, 0) is 11.2 Å². The predicted octanol–water partition coefficient (Wildman–Crippen LogP) is 1.73. The molecule has 0 radical (unpaired) electrons. The highest BCUT2D eigenvalue weighted by atomic mass is 35.5. The number of nitrogens with one attached hydrogen (secondary N) is 2. The molecule has 10 nitrogen and oxygen atoms in total. The van der Waals surface area contributed by atoms with Crippen molar-refractivity contribution in [2.45, 2.75) is 31.3 Å². The molecule has 0 spiro atoms. The van der Waals surface area contributed by atoms with E-state index in [9.17, 15) is 18.8 Å². The molecule has 1 aromatic heterocycles. The number of hydrogen-bond donors (Lipinski definition) is 2. The predicted molar refractivity (Wildman–Crippen MR) is 168 cm³/mol. The van der Waals surface area contributed by atoms with E-state index in [2.05, 4.69) is 25.3 Å². The molecule has 5 heterocycles. The lowest BCUT2D eigenvalue weighted by Crippen LogP contribution is -2.69. The average Bonchev–Trinajstić information content (AvgIpc) is 3.00. The third-order valence-corrected chi connectivity index (χ3v) is 9.85. The van der Waals surface area contributed by atoms with Crippen LogP contribution in [-0.4, -0.2) is 119 Å². The van der Waals surface area contributed by atoms with Crippen LogP contribution >= 0.6 is 12.4 Å². The van der Waals surface area contributed by atoms with Crippen molar-refractivity contribution in [3.63, 3.8) is 0 Å². The first-order valence-corrected chi connectivity index (χ1v) is 15.5. The molecular formula is C32H39ClFN7O3. The summed E-state index contributed by atoms with van der Waals surface area (Å²) in [5, 5.41) is 11.4. The fourth-order valence-corrected chi connectivity index (χ4v) is 6.96. The number of likely N-dealkylation sites (tertiary alicyclic amines) is 2. The van der Waals surface area contributed by atoms with E-state index in [0.717, 1.165) is 63.1 Å². The van der Waals surface area contributed by atoms with Crippen molar-refractivity contribution in [1.29, 1.82) is 0 Å². The van der Waals surface area contributed by atoms with Crippen LogP contribution in [0, 0.1) is 11.7 Å². The first-order chi connectivity index (χ1) is 20.9. The van der Waals surface area contributed by atoms with Crippen LogP contribution in [0.1, 0.15) is 34.5 Å². The maximum absolute atomic E-state index is 14.9. The first kappa shape index (κ1) is 30.6. The molecule has 2 amide bonds. The number of amides is 2. The number of piperidine rings is 1. The highest BCUT2D eigenvalue weighted by Gasteiger charge is 2.40. The van der Waals surface area contributed by atoms with Gasteiger partial charge in [0.1, 0.15) is 5.82 Å². The molecule has 4 aliphatic heterocycles. The third-order valence-electron chi connectivity index (χ3n) is 9.85. The quantitative estimate of drug-likeness (QED) is 0.431. The summed E-state index contributed by atoms with van der Waals surface area (Å²) >= 11 is 0. The normalized spacial score (nSPS) is 20.7. The van der Waals surface area contributed by atoms with Crippen molar-refractivity contribution >= 4 is 35.0 Å². The monoisotopic (exact) mass is 623 g/mol. The van der Waals surface area contributed by atoms with Crippen molar-refractivity contribution in [1.82, 2.24) is 35.1 Å². The van der Waals surface area contributed by atoms with Crippen LogP contribution in [0.4, 0.5) is 4.39 Å². The Balaban J connectivity index is 0.00000343. The number of H-pyrrole nitrogens is 1. The number of hydrogen-bond acceptors (Lipinski definition) is 7. The molecule has 2 N–H and O–H groups in total. The molecule has 4 aliphatic rings. The molecule has 0 atom stereocenters. The molecule has 7 rings (SSSR count). The van der Waals surface area contributed by atoms with Gasteiger partial charge in [0.15, 0.2) is 0 Å². The number of benzene rings is 2. The second-order valence-electron chi connectivity index (χ2n) is 12.4. The summed E-state index contributed by atoms with van der Waals surface area (Å²) in [6.07, 6.45) is 2.11. The molecule has 234 valence electrons. The molecular weight excluding hydrogens is 585 g/mol. The molecule has 0 saturated carbocycles. The lowest BCUT2D eigenvalue weighted by Gasteiger charge is -2.52. The number of nitrogens with zero attached hydrogens (tertiary/aromatic N) is 5. The zero-order chi connectivity index (χ0) is 29.5. The van der Waals surface area contributed by atoms with Crippen LogP contribution < -0.4 is 10.9 Å². The van der Waals surface area contributed by atoms with Gasteiger partial charge in [0, 0.05) is 82.2 Å². The fraction of sp³-hybridized carbons (Fsp3) is 0.500. The lowest BCUT2D eigenvalue weighted by molar-refractivity contribution is -0.139. The van der Waals surface area contributed by atoms with Gasteiger partial charge in [-0.25, -0.2) is 9.49 Å². The number of carbonyl (C=O) groups is 2. The van der Waals surface area contributed by atoms with Crippen molar-refractivity contribution in [2.24, 2.45) is 5.92 Å². The van der Waals surface area contributed by atoms with E-state index in [1.165, 1.54) is 6.07 Å². The zero-order valence-corrected chi connectivity index (χ0v) is 25.5. The largest absolute Gasteiger partial charge is 0.339 e. The average molecular weight is 624 g/mol. The van der Waals surface area contributed by atoms with Crippen LogP contribution in [0.15, 0.2) is 47.3 Å². The van der Waals surface area contributed by atoms with Crippen LogP contribution in [0.3, 0.4) is 0 Å². The SMILES string of the molecule is Cl.O=C(c1cc(Cc2n[nH]c(=O)c3ccccc23)ccc1F)N1CCN(C(=O)C2CCN(C3CN(C4CNC4)C3)CC2)CC1. The molecule has 3 aromatic rings. The van der Waals surface area contributed by atoms with Crippen LogP contribution in [0.5, 0.6) is 0 Å². The number of aromatic amines is 1. The summed E-state index contributed by atoms with van der Waals surface area (Å²) in [5.74, 6) is -0.711. The Bertz CT molecular complexity index is 1580. The van der Waals surface area contributed by atoms with Gasteiger partial charge in [-0.05, 0) is 49.7 Å². The maximum Gasteiger partial charge on any atom is 0.272 e. The Kier molecular flexibility index (Phi) is 9.00. The Morgan fingerprint density at radius 1 is 0.864 bits per heavy atom. The van der Waals surface area contributed by atoms with Crippen molar-refractivity contribution in [3.8, 4) is 0 Å². The Morgan fingerprint density at radius 3 is 2.23 bits per heavy atom. The molecule has 0 unspecified atom stereocenters. The molecule has 44 heavy (non-hydrogen) atoms. The van der Waals surface area contributed by atoms with Crippen molar-refractivity contribution in [2.75, 3.05) is 65.4 Å². The van der Waals surface area contributed by atoms with Gasteiger partial charge in [-0.1, -0.05) is 24.3 Å². The Hall–Kier alpha value is -3.38. The van der Waals surface area contributed by atoms with E-state index in [-0.39, 0.29) is 41.3 Å². The summed E-state index contributed by atoms with van der Waals surface area (Å²) < 4.78 is 14.9. The number of fused-ring (bicyclic) bond motifs is 1. The van der Waals surface area contributed by atoms with E-state index >= 15 is 0 Å². The highest BCUT2D eigenvalue weighted by molar-refractivity contribution is 5.95. The number of halogens is 2. The minimum absolute atomic E-state index is 0. The number of rotatable bonds is 6.